The summed E-state index contributed by atoms with van der Waals surface area (Å²) in [5, 5.41) is 5.55. The zero-order valence-corrected chi connectivity index (χ0v) is 20.8. The summed E-state index contributed by atoms with van der Waals surface area (Å²) in [6, 6.07) is 51.8. The molecule has 0 spiro atoms. The number of benzene rings is 5. The smallest absolute Gasteiger partial charge is 0.144 e. The highest BCUT2D eigenvalue weighted by atomic mass is 79.9. The van der Waals surface area contributed by atoms with Crippen molar-refractivity contribution < 1.29 is 4.39 Å². The van der Waals surface area contributed by atoms with Gasteiger partial charge in [-0.25, -0.2) is 4.39 Å². The van der Waals surface area contributed by atoms with Gasteiger partial charge in [0.15, 0.2) is 0 Å². The third kappa shape index (κ3) is 5.66. The maximum atomic E-state index is 11.9. The molecular weight excluding hydrogens is 490 g/mol. The van der Waals surface area contributed by atoms with Gasteiger partial charge in [-0.3, -0.25) is 0 Å². The number of hydrogen-bond donors (Lipinski definition) is 0. The van der Waals surface area contributed by atoms with Crippen molar-refractivity contribution in [3.05, 3.63) is 157 Å². The van der Waals surface area contributed by atoms with Crippen LogP contribution in [0.15, 0.2) is 152 Å². The van der Waals surface area contributed by atoms with Crippen molar-refractivity contribution in [1.29, 1.82) is 0 Å². The Morgan fingerprint density at radius 2 is 0.545 bits per heavy atom. The van der Waals surface area contributed by atoms with Crippen LogP contribution < -0.4 is 21.2 Å². The average molecular weight is 516 g/mol. The van der Waals surface area contributed by atoms with Crippen LogP contribution in [0.1, 0.15) is 0 Å². The summed E-state index contributed by atoms with van der Waals surface area (Å²) in [5.74, 6) is -0.178. The second-order valence-electron chi connectivity index (χ2n) is 7.31. The van der Waals surface area contributed by atoms with Gasteiger partial charge in [-0.1, -0.05) is 91.0 Å². The van der Waals surface area contributed by atoms with Crippen molar-refractivity contribution in [2.75, 3.05) is 0 Å². The van der Waals surface area contributed by atoms with Gasteiger partial charge in [0, 0.05) is 0 Å². The molecule has 0 aromatic heterocycles. The molecule has 0 fully saturated rings. The average Bonchev–Trinajstić information content (AvgIpc) is 2.88. The molecule has 0 aliphatic rings. The highest BCUT2D eigenvalue weighted by Crippen LogP contribution is 2.53. The van der Waals surface area contributed by atoms with Crippen LogP contribution in [-0.2, 0) is 0 Å². The summed E-state index contributed by atoms with van der Waals surface area (Å²) in [5.41, 5.74) is 0. The maximum absolute atomic E-state index is 11.9. The van der Waals surface area contributed by atoms with Crippen LogP contribution in [0.5, 0.6) is 0 Å². The first kappa shape index (κ1) is 24.6. The van der Waals surface area contributed by atoms with Crippen LogP contribution in [0, 0.1) is 5.82 Å². The Bertz CT molecular complexity index is 1040. The lowest BCUT2D eigenvalue weighted by atomic mass is 10.3. The van der Waals surface area contributed by atoms with Crippen molar-refractivity contribution in [2.45, 2.75) is 0 Å². The summed E-state index contributed by atoms with van der Waals surface area (Å²) in [4.78, 5) is 0. The first-order valence-electron chi connectivity index (χ1n) is 10.6. The molecule has 5 aromatic carbocycles. The van der Waals surface area contributed by atoms with E-state index < -0.39 is 7.26 Å². The standard InChI is InChI=1S/C24H20P.C6H5F.BrH/c1-5-13-21(14-6-1)25(22-15-7-2-8-16-22,23-17-9-3-10-18-23)24-19-11-4-12-20-24;7-6-4-2-1-3-5-6;/h1-20H;1-5H;1H/q+1;;. The number of halogens is 2. The Morgan fingerprint density at radius 3 is 0.727 bits per heavy atom. The predicted octanol–water partition coefficient (Wildman–Crippen LogP) is 6.71. The Kier molecular flexibility index (Phi) is 9.13. The molecule has 0 radical (unpaired) electrons. The predicted molar refractivity (Wildman–Crippen MR) is 148 cm³/mol. The van der Waals surface area contributed by atoms with Crippen molar-refractivity contribution >= 4 is 45.5 Å². The van der Waals surface area contributed by atoms with Gasteiger partial charge in [-0.2, -0.15) is 0 Å². The molecule has 164 valence electrons. The van der Waals surface area contributed by atoms with Gasteiger partial charge < -0.3 is 0 Å². The summed E-state index contributed by atoms with van der Waals surface area (Å²) in [7, 11) is -1.91. The van der Waals surface area contributed by atoms with Crippen molar-refractivity contribution in [1.82, 2.24) is 0 Å². The topological polar surface area (TPSA) is 0 Å². The van der Waals surface area contributed by atoms with Crippen LogP contribution in [0.4, 0.5) is 4.39 Å². The molecule has 3 heteroatoms. The van der Waals surface area contributed by atoms with E-state index in [1.54, 1.807) is 18.2 Å². The fourth-order valence-corrected chi connectivity index (χ4v) is 8.18. The van der Waals surface area contributed by atoms with E-state index in [0.29, 0.717) is 0 Å². The molecule has 5 aromatic rings. The van der Waals surface area contributed by atoms with Crippen LogP contribution in [0.2, 0.25) is 0 Å². The Hall–Kier alpha value is -3.06. The minimum atomic E-state index is -1.91. The van der Waals surface area contributed by atoms with E-state index in [1.165, 1.54) is 33.4 Å². The minimum Gasteiger partial charge on any atom is -0.207 e. The second-order valence-corrected chi connectivity index (χ2v) is 10.7. The molecule has 0 saturated heterocycles. The first-order chi connectivity index (χ1) is 15.8. The molecule has 0 aliphatic heterocycles. The van der Waals surface area contributed by atoms with Crippen molar-refractivity contribution in [3.8, 4) is 0 Å². The summed E-state index contributed by atoms with van der Waals surface area (Å²) in [6.45, 7) is 0. The second kappa shape index (κ2) is 12.3. The van der Waals surface area contributed by atoms with Gasteiger partial charge in [0.05, 0.1) is 0 Å². The number of rotatable bonds is 4. The third-order valence-electron chi connectivity index (χ3n) is 5.31. The van der Waals surface area contributed by atoms with Gasteiger partial charge in [-0.05, 0) is 60.7 Å². The Morgan fingerprint density at radius 1 is 0.333 bits per heavy atom. The largest absolute Gasteiger partial charge is 0.207 e. The lowest BCUT2D eigenvalue weighted by Gasteiger charge is -2.27. The van der Waals surface area contributed by atoms with E-state index in [4.69, 9.17) is 0 Å². The summed E-state index contributed by atoms with van der Waals surface area (Å²) in [6.07, 6.45) is 0. The molecule has 0 saturated carbocycles. The zero-order valence-electron chi connectivity index (χ0n) is 18.2. The van der Waals surface area contributed by atoms with Crippen molar-refractivity contribution in [2.24, 2.45) is 0 Å². The minimum absolute atomic E-state index is 0. The highest BCUT2D eigenvalue weighted by Gasteiger charge is 2.47. The number of hydrogen-bond acceptors (Lipinski definition) is 0. The van der Waals surface area contributed by atoms with Crippen LogP contribution in [0.25, 0.3) is 0 Å². The molecule has 0 bridgehead atoms. The van der Waals surface area contributed by atoms with Crippen molar-refractivity contribution in [3.63, 3.8) is 0 Å². The maximum Gasteiger partial charge on any atom is 0.144 e. The van der Waals surface area contributed by atoms with Gasteiger partial charge in [0.25, 0.3) is 0 Å². The van der Waals surface area contributed by atoms with Crippen LogP contribution in [0.3, 0.4) is 0 Å². The van der Waals surface area contributed by atoms with Gasteiger partial charge >= 0.3 is 0 Å². The first-order valence-corrected chi connectivity index (χ1v) is 12.4. The fraction of sp³-hybridized carbons (Fsp3) is 0. The third-order valence-corrected chi connectivity index (χ3v) is 9.60. The van der Waals surface area contributed by atoms with Crippen LogP contribution in [-0.4, -0.2) is 0 Å². The molecular formula is C30H26BrFP+. The Labute approximate surface area is 206 Å². The molecule has 0 heterocycles. The van der Waals surface area contributed by atoms with E-state index >= 15 is 0 Å². The highest BCUT2D eigenvalue weighted by molar-refractivity contribution is 8.93. The molecule has 0 nitrogen and oxygen atoms in total. The molecule has 0 amide bonds. The van der Waals surface area contributed by atoms with Gasteiger partial charge in [0.2, 0.25) is 0 Å². The van der Waals surface area contributed by atoms with Gasteiger partial charge in [0.1, 0.15) is 34.3 Å². The molecule has 0 N–H and O–H groups in total. The molecule has 33 heavy (non-hydrogen) atoms. The van der Waals surface area contributed by atoms with E-state index in [0.717, 1.165) is 0 Å². The lowest BCUT2D eigenvalue weighted by molar-refractivity contribution is 0.628. The normalized spacial score (nSPS) is 10.3. The molecule has 5 rings (SSSR count). The van der Waals surface area contributed by atoms with E-state index in [2.05, 4.69) is 121 Å². The fourth-order valence-electron chi connectivity index (χ4n) is 3.92. The summed E-state index contributed by atoms with van der Waals surface area (Å²) < 4.78 is 11.9. The molecule has 0 aliphatic carbocycles. The lowest BCUT2D eigenvalue weighted by Crippen LogP contribution is -2.38. The van der Waals surface area contributed by atoms with E-state index in [1.807, 2.05) is 0 Å². The Balaban J connectivity index is 0.000000330. The van der Waals surface area contributed by atoms with E-state index in [9.17, 15) is 4.39 Å². The van der Waals surface area contributed by atoms with E-state index in [-0.39, 0.29) is 22.8 Å². The van der Waals surface area contributed by atoms with Gasteiger partial charge in [-0.15, -0.1) is 17.0 Å². The zero-order chi connectivity index (χ0) is 22.1. The SMILES string of the molecule is Br.Fc1ccccc1.c1ccc([P+](c2ccccc2)(c2ccccc2)c2ccccc2)cc1. The summed E-state index contributed by atoms with van der Waals surface area (Å²) >= 11 is 0. The quantitative estimate of drug-likeness (QED) is 0.233. The molecule has 0 unspecified atom stereocenters. The molecule has 0 atom stereocenters. The monoisotopic (exact) mass is 515 g/mol. The van der Waals surface area contributed by atoms with Crippen LogP contribution >= 0.6 is 24.2 Å².